The zero-order valence-corrected chi connectivity index (χ0v) is 16.7. The van der Waals surface area contributed by atoms with Crippen LogP contribution in [0.2, 0.25) is 0 Å². The molecule has 0 bridgehead atoms. The Morgan fingerprint density at radius 3 is 2.39 bits per heavy atom. The Kier molecular flexibility index (Phi) is 7.96. The van der Waals surface area contributed by atoms with E-state index in [-0.39, 0.29) is 6.42 Å². The van der Waals surface area contributed by atoms with Gasteiger partial charge in [0.1, 0.15) is 6.73 Å². The minimum absolute atomic E-state index is 0.222. The molecule has 0 spiro atoms. The highest BCUT2D eigenvalue weighted by molar-refractivity contribution is 6.10. The Bertz CT molecular complexity index is 944. The summed E-state index contributed by atoms with van der Waals surface area (Å²) < 4.78 is 7.63. The SMILES string of the molecule is CCC(=O)O.CCOCn1cc(C(=N)Cc2ccccc2C)c2ccccc21. The van der Waals surface area contributed by atoms with E-state index >= 15 is 0 Å². The molecule has 3 rings (SSSR count). The standard InChI is InChI=1S/C20H22N2O.C3H6O2/c1-3-23-14-22-13-18(17-10-6-7-11-20(17)22)19(21)12-16-9-5-4-8-15(16)2;1-2-3(4)5/h4-11,13,21H,3,12,14H2,1-2H3;2H2,1H3,(H,4,5). The number of aliphatic carboxylic acids is 1. The Hall–Kier alpha value is -2.92. The van der Waals surface area contributed by atoms with Crippen LogP contribution in [0.15, 0.2) is 54.7 Å². The normalized spacial score (nSPS) is 10.4. The first kappa shape index (κ1) is 21.4. The van der Waals surface area contributed by atoms with Crippen molar-refractivity contribution in [3.63, 3.8) is 0 Å². The molecule has 5 heteroatoms. The molecule has 0 fully saturated rings. The number of aryl methyl sites for hydroxylation is 1. The van der Waals surface area contributed by atoms with Crippen molar-refractivity contribution in [1.29, 1.82) is 5.41 Å². The van der Waals surface area contributed by atoms with Crippen LogP contribution in [0.25, 0.3) is 10.9 Å². The van der Waals surface area contributed by atoms with Crippen molar-refractivity contribution in [3.8, 4) is 0 Å². The lowest BCUT2D eigenvalue weighted by atomic mass is 9.99. The summed E-state index contributed by atoms with van der Waals surface area (Å²) in [5.74, 6) is -0.745. The highest BCUT2D eigenvalue weighted by atomic mass is 16.5. The molecule has 0 atom stereocenters. The number of carboxylic acids is 1. The number of carbonyl (C=O) groups is 1. The van der Waals surface area contributed by atoms with Crippen LogP contribution in [-0.2, 0) is 22.7 Å². The Labute approximate surface area is 166 Å². The predicted molar refractivity (Wildman–Crippen MR) is 113 cm³/mol. The molecule has 0 saturated heterocycles. The summed E-state index contributed by atoms with van der Waals surface area (Å²) in [5, 5.41) is 17.4. The number of rotatable bonds is 7. The van der Waals surface area contributed by atoms with Gasteiger partial charge in [-0.15, -0.1) is 0 Å². The maximum Gasteiger partial charge on any atom is 0.303 e. The monoisotopic (exact) mass is 380 g/mol. The van der Waals surface area contributed by atoms with Crippen LogP contribution < -0.4 is 0 Å². The molecule has 0 amide bonds. The topological polar surface area (TPSA) is 75.3 Å². The van der Waals surface area contributed by atoms with Gasteiger partial charge in [-0.25, -0.2) is 0 Å². The van der Waals surface area contributed by atoms with E-state index in [4.69, 9.17) is 15.3 Å². The molecule has 0 saturated carbocycles. The van der Waals surface area contributed by atoms with Gasteiger partial charge in [-0.2, -0.15) is 0 Å². The first-order chi connectivity index (χ1) is 13.5. The van der Waals surface area contributed by atoms with Crippen molar-refractivity contribution in [3.05, 3.63) is 71.4 Å². The fourth-order valence-electron chi connectivity index (χ4n) is 2.88. The van der Waals surface area contributed by atoms with Gasteiger partial charge >= 0.3 is 5.97 Å². The number of para-hydroxylation sites is 1. The smallest absolute Gasteiger partial charge is 0.303 e. The largest absolute Gasteiger partial charge is 0.481 e. The fraction of sp³-hybridized carbons (Fsp3) is 0.304. The van der Waals surface area contributed by atoms with Crippen molar-refractivity contribution in [1.82, 2.24) is 4.57 Å². The number of nitrogens with one attached hydrogen (secondary N) is 1. The lowest BCUT2D eigenvalue weighted by Gasteiger charge is -2.06. The van der Waals surface area contributed by atoms with E-state index in [9.17, 15) is 4.79 Å². The lowest BCUT2D eigenvalue weighted by molar-refractivity contribution is -0.136. The van der Waals surface area contributed by atoms with E-state index in [2.05, 4.69) is 35.8 Å². The van der Waals surface area contributed by atoms with Crippen molar-refractivity contribution < 1.29 is 14.6 Å². The molecule has 2 aromatic carbocycles. The number of ether oxygens (including phenoxy) is 1. The van der Waals surface area contributed by atoms with E-state index in [1.54, 1.807) is 6.92 Å². The van der Waals surface area contributed by atoms with Crippen LogP contribution in [0.3, 0.4) is 0 Å². The second-order valence-corrected chi connectivity index (χ2v) is 6.48. The highest BCUT2D eigenvalue weighted by Gasteiger charge is 2.13. The Morgan fingerprint density at radius 1 is 1.11 bits per heavy atom. The van der Waals surface area contributed by atoms with E-state index < -0.39 is 5.97 Å². The summed E-state index contributed by atoms with van der Waals surface area (Å²) in [4.78, 5) is 9.37. The van der Waals surface area contributed by atoms with E-state index in [1.165, 1.54) is 11.1 Å². The molecule has 28 heavy (non-hydrogen) atoms. The highest BCUT2D eigenvalue weighted by Crippen LogP contribution is 2.23. The van der Waals surface area contributed by atoms with E-state index in [0.29, 0.717) is 25.5 Å². The molecule has 148 valence electrons. The van der Waals surface area contributed by atoms with Crippen LogP contribution in [0.5, 0.6) is 0 Å². The van der Waals surface area contributed by atoms with Gasteiger partial charge in [0, 0.05) is 42.3 Å². The molecule has 0 unspecified atom stereocenters. The number of carboxylic acid groups (broad SMARTS) is 1. The number of benzene rings is 2. The molecule has 2 N–H and O–H groups in total. The number of aromatic nitrogens is 1. The Morgan fingerprint density at radius 2 is 1.75 bits per heavy atom. The first-order valence-electron chi connectivity index (χ1n) is 9.47. The van der Waals surface area contributed by atoms with Gasteiger partial charge < -0.3 is 19.8 Å². The third-order valence-corrected chi connectivity index (χ3v) is 4.48. The molecule has 5 nitrogen and oxygen atoms in total. The van der Waals surface area contributed by atoms with Gasteiger partial charge in [-0.05, 0) is 31.0 Å². The average Bonchev–Trinajstić information content (AvgIpc) is 3.07. The number of hydrogen-bond donors (Lipinski definition) is 2. The van der Waals surface area contributed by atoms with Gasteiger partial charge in [-0.1, -0.05) is 49.4 Å². The third kappa shape index (κ3) is 5.54. The zero-order chi connectivity index (χ0) is 20.5. The minimum Gasteiger partial charge on any atom is -0.481 e. The Balaban J connectivity index is 0.000000500. The summed E-state index contributed by atoms with van der Waals surface area (Å²) >= 11 is 0. The van der Waals surface area contributed by atoms with Gasteiger partial charge in [0.05, 0.1) is 5.52 Å². The second-order valence-electron chi connectivity index (χ2n) is 6.48. The maximum atomic E-state index is 9.37. The molecule has 3 aromatic rings. The second kappa shape index (κ2) is 10.4. The van der Waals surface area contributed by atoms with Gasteiger partial charge in [0.2, 0.25) is 0 Å². The van der Waals surface area contributed by atoms with Crippen molar-refractivity contribution in [2.75, 3.05) is 6.61 Å². The van der Waals surface area contributed by atoms with Gasteiger partial charge in [0.15, 0.2) is 0 Å². The minimum atomic E-state index is -0.745. The molecule has 0 radical (unpaired) electrons. The number of hydrogen-bond acceptors (Lipinski definition) is 3. The lowest BCUT2D eigenvalue weighted by Crippen LogP contribution is -2.05. The van der Waals surface area contributed by atoms with Crippen LogP contribution in [0, 0.1) is 12.3 Å². The number of nitrogens with zero attached hydrogens (tertiary/aromatic N) is 1. The van der Waals surface area contributed by atoms with Crippen LogP contribution in [-0.4, -0.2) is 28.0 Å². The summed E-state index contributed by atoms with van der Waals surface area (Å²) in [7, 11) is 0. The third-order valence-electron chi connectivity index (χ3n) is 4.48. The van der Waals surface area contributed by atoms with Gasteiger partial charge in [0.25, 0.3) is 0 Å². The number of fused-ring (bicyclic) bond motifs is 1. The fourth-order valence-corrected chi connectivity index (χ4v) is 2.88. The van der Waals surface area contributed by atoms with Crippen LogP contribution in [0.4, 0.5) is 0 Å². The molecule has 0 aliphatic heterocycles. The molecular weight excluding hydrogens is 352 g/mol. The van der Waals surface area contributed by atoms with Crippen LogP contribution >= 0.6 is 0 Å². The molecule has 0 aliphatic carbocycles. The molecular formula is C23H28N2O3. The molecule has 1 aromatic heterocycles. The average molecular weight is 380 g/mol. The van der Waals surface area contributed by atoms with Crippen LogP contribution in [0.1, 0.15) is 37.0 Å². The van der Waals surface area contributed by atoms with E-state index in [1.807, 2.05) is 37.4 Å². The summed E-state index contributed by atoms with van der Waals surface area (Å²) in [6.45, 7) is 6.90. The summed E-state index contributed by atoms with van der Waals surface area (Å²) in [6.07, 6.45) is 2.91. The predicted octanol–water partition coefficient (Wildman–Crippen LogP) is 5.04. The first-order valence-corrected chi connectivity index (χ1v) is 9.47. The zero-order valence-electron chi connectivity index (χ0n) is 16.7. The molecule has 0 aliphatic rings. The van der Waals surface area contributed by atoms with Crippen molar-refractivity contribution >= 4 is 22.6 Å². The van der Waals surface area contributed by atoms with Crippen molar-refractivity contribution in [2.45, 2.75) is 40.3 Å². The summed E-state index contributed by atoms with van der Waals surface area (Å²) in [5.41, 5.74) is 5.19. The van der Waals surface area contributed by atoms with Gasteiger partial charge in [-0.3, -0.25) is 4.79 Å². The molecule has 1 heterocycles. The van der Waals surface area contributed by atoms with Crippen molar-refractivity contribution in [2.24, 2.45) is 0 Å². The van der Waals surface area contributed by atoms with E-state index in [0.717, 1.165) is 16.5 Å². The quantitative estimate of drug-likeness (QED) is 0.564. The maximum absolute atomic E-state index is 9.37. The summed E-state index contributed by atoms with van der Waals surface area (Å²) in [6, 6.07) is 16.5.